The van der Waals surface area contributed by atoms with E-state index >= 15 is 0 Å². The Labute approximate surface area is 162 Å². The molecule has 4 aliphatic rings. The summed E-state index contributed by atoms with van der Waals surface area (Å²) in [5, 5.41) is 0. The maximum absolute atomic E-state index is 12.7. The predicted octanol–water partition coefficient (Wildman–Crippen LogP) is 4.41. The minimum atomic E-state index is -0.950. The highest BCUT2D eigenvalue weighted by Gasteiger charge is 2.67. The molecule has 0 aromatic heterocycles. The van der Waals surface area contributed by atoms with Gasteiger partial charge in [0.25, 0.3) is 0 Å². The third-order valence-electron chi connectivity index (χ3n) is 8.97. The molecule has 3 fully saturated rings. The zero-order chi connectivity index (χ0) is 19.6. The van der Waals surface area contributed by atoms with Crippen LogP contribution in [-0.2, 0) is 19.1 Å². The van der Waals surface area contributed by atoms with Crippen LogP contribution in [0.15, 0.2) is 11.6 Å². The summed E-state index contributed by atoms with van der Waals surface area (Å²) in [6, 6.07) is 0. The molecule has 0 aromatic rings. The van der Waals surface area contributed by atoms with Gasteiger partial charge >= 0.3 is 5.97 Å². The Morgan fingerprint density at radius 3 is 2.37 bits per heavy atom. The second kappa shape index (κ2) is 6.02. The Bertz CT molecular complexity index is 737. The first kappa shape index (κ1) is 18.9. The van der Waals surface area contributed by atoms with Gasteiger partial charge < -0.3 is 4.74 Å². The third-order valence-corrected chi connectivity index (χ3v) is 8.97. The van der Waals surface area contributed by atoms with Crippen LogP contribution in [0.2, 0.25) is 0 Å². The van der Waals surface area contributed by atoms with E-state index in [0.717, 1.165) is 38.5 Å². The van der Waals surface area contributed by atoms with Crippen molar-refractivity contribution in [3.8, 4) is 0 Å². The van der Waals surface area contributed by atoms with Crippen LogP contribution in [0.5, 0.6) is 0 Å². The van der Waals surface area contributed by atoms with Crippen molar-refractivity contribution in [2.45, 2.75) is 84.7 Å². The van der Waals surface area contributed by atoms with E-state index < -0.39 is 5.60 Å². The van der Waals surface area contributed by atoms with Crippen molar-refractivity contribution in [1.29, 1.82) is 0 Å². The van der Waals surface area contributed by atoms with Gasteiger partial charge in [0.05, 0.1) is 0 Å². The van der Waals surface area contributed by atoms with Gasteiger partial charge in [-0.15, -0.1) is 0 Å². The van der Waals surface area contributed by atoms with Crippen molar-refractivity contribution < 1.29 is 19.1 Å². The van der Waals surface area contributed by atoms with Gasteiger partial charge in [0.15, 0.2) is 17.2 Å². The maximum atomic E-state index is 12.7. The van der Waals surface area contributed by atoms with Crippen molar-refractivity contribution >= 4 is 17.5 Å². The highest BCUT2D eigenvalue weighted by molar-refractivity contribution is 5.91. The minimum absolute atomic E-state index is 0.00650. The predicted molar refractivity (Wildman–Crippen MR) is 102 cm³/mol. The van der Waals surface area contributed by atoms with Gasteiger partial charge in [0.2, 0.25) is 0 Å². The first-order valence-corrected chi connectivity index (χ1v) is 10.6. The summed E-state index contributed by atoms with van der Waals surface area (Å²) in [6.45, 7) is 7.58. The van der Waals surface area contributed by atoms with E-state index in [0.29, 0.717) is 30.6 Å². The molecule has 4 aliphatic carbocycles. The third kappa shape index (κ3) is 2.44. The lowest BCUT2D eigenvalue weighted by Gasteiger charge is -2.59. The Balaban J connectivity index is 1.70. The summed E-state index contributed by atoms with van der Waals surface area (Å²) in [7, 11) is 0. The van der Waals surface area contributed by atoms with Crippen LogP contribution in [0.1, 0.15) is 79.1 Å². The van der Waals surface area contributed by atoms with Crippen molar-refractivity contribution in [2.75, 3.05) is 0 Å². The van der Waals surface area contributed by atoms with E-state index in [4.69, 9.17) is 4.74 Å². The number of hydrogen-bond acceptors (Lipinski definition) is 4. The number of carbonyl (C=O) groups excluding carboxylic acids is 3. The SMILES string of the molecule is CC(=O)O[C@]1(C(C)=O)CC[C@H]2[C@@H]3CCC4=CC(=O)CC[C@]4(C)[C@@H]3CC[C@@]21C. The highest BCUT2D eigenvalue weighted by atomic mass is 16.6. The van der Waals surface area contributed by atoms with Gasteiger partial charge in [-0.05, 0) is 81.1 Å². The van der Waals surface area contributed by atoms with Crippen molar-refractivity contribution in [3.05, 3.63) is 11.6 Å². The van der Waals surface area contributed by atoms with Crippen LogP contribution >= 0.6 is 0 Å². The fourth-order valence-electron chi connectivity index (χ4n) is 7.62. The summed E-state index contributed by atoms with van der Waals surface area (Å²) in [6.07, 6.45) is 9.23. The molecule has 0 spiro atoms. The molecule has 0 N–H and O–H groups in total. The monoisotopic (exact) mass is 372 g/mol. The molecule has 27 heavy (non-hydrogen) atoms. The van der Waals surface area contributed by atoms with Crippen molar-refractivity contribution in [3.63, 3.8) is 0 Å². The lowest BCUT2D eigenvalue weighted by atomic mass is 9.46. The second-order valence-electron chi connectivity index (χ2n) is 9.94. The minimum Gasteiger partial charge on any atom is -0.451 e. The van der Waals surface area contributed by atoms with Crippen LogP contribution in [0.3, 0.4) is 0 Å². The smallest absolute Gasteiger partial charge is 0.303 e. The molecular weight excluding hydrogens is 340 g/mol. The van der Waals surface area contributed by atoms with Gasteiger partial charge in [-0.25, -0.2) is 0 Å². The normalized spacial score (nSPS) is 46.0. The fraction of sp³-hybridized carbons (Fsp3) is 0.783. The number of esters is 1. The number of carbonyl (C=O) groups is 3. The van der Waals surface area contributed by atoms with Gasteiger partial charge in [0.1, 0.15) is 0 Å². The Hall–Kier alpha value is -1.45. The van der Waals surface area contributed by atoms with Crippen molar-refractivity contribution in [1.82, 2.24) is 0 Å². The number of ether oxygens (including phenoxy) is 1. The van der Waals surface area contributed by atoms with E-state index in [2.05, 4.69) is 13.8 Å². The quantitative estimate of drug-likeness (QED) is 0.674. The summed E-state index contributed by atoms with van der Waals surface area (Å²) < 4.78 is 5.81. The first-order chi connectivity index (χ1) is 12.6. The van der Waals surface area contributed by atoms with E-state index in [1.54, 1.807) is 6.92 Å². The average molecular weight is 373 g/mol. The Kier molecular flexibility index (Phi) is 4.21. The van der Waals surface area contributed by atoms with Crippen LogP contribution in [0.25, 0.3) is 0 Å². The molecule has 4 nitrogen and oxygen atoms in total. The number of ketones is 2. The molecule has 0 aliphatic heterocycles. The van der Waals surface area contributed by atoms with Crippen LogP contribution < -0.4 is 0 Å². The molecule has 0 bridgehead atoms. The van der Waals surface area contributed by atoms with Gasteiger partial charge in [-0.3, -0.25) is 14.4 Å². The molecule has 0 heterocycles. The zero-order valence-electron chi connectivity index (χ0n) is 17.1. The zero-order valence-corrected chi connectivity index (χ0v) is 17.1. The van der Waals surface area contributed by atoms with Gasteiger partial charge in [-0.1, -0.05) is 19.4 Å². The van der Waals surface area contributed by atoms with Gasteiger partial charge in [0, 0.05) is 18.8 Å². The summed E-state index contributed by atoms with van der Waals surface area (Å²) in [5.74, 6) is 1.48. The van der Waals surface area contributed by atoms with Gasteiger partial charge in [-0.2, -0.15) is 0 Å². The lowest BCUT2D eigenvalue weighted by molar-refractivity contribution is -0.187. The number of allylic oxidation sites excluding steroid dienone is 1. The van der Waals surface area contributed by atoms with E-state index in [9.17, 15) is 14.4 Å². The molecule has 0 aromatic carbocycles. The van der Waals surface area contributed by atoms with E-state index in [1.165, 1.54) is 12.5 Å². The molecule has 6 atom stereocenters. The molecule has 0 saturated heterocycles. The molecule has 0 unspecified atom stereocenters. The summed E-state index contributed by atoms with van der Waals surface area (Å²) in [4.78, 5) is 36.5. The number of rotatable bonds is 2. The standard InChI is InChI=1S/C23H32O4/c1-14(24)23(27-15(2)25)12-9-20-18-6-5-16-13-17(26)7-10-21(16,3)19(18)8-11-22(20,23)4/h13,18-20H,5-12H2,1-4H3/t18-,19-,20+,21+,22+,23+/m1/s1. The average Bonchev–Trinajstić information content (AvgIpc) is 2.89. The lowest BCUT2D eigenvalue weighted by Crippen LogP contribution is -2.58. The summed E-state index contributed by atoms with van der Waals surface area (Å²) >= 11 is 0. The van der Waals surface area contributed by atoms with Crippen LogP contribution in [0, 0.1) is 28.6 Å². The molecule has 0 radical (unpaired) electrons. The molecule has 3 saturated carbocycles. The molecule has 4 rings (SSSR count). The molecular formula is C23H32O4. The molecule has 0 amide bonds. The number of fused-ring (bicyclic) bond motifs is 5. The van der Waals surface area contributed by atoms with Crippen molar-refractivity contribution in [2.24, 2.45) is 28.6 Å². The fourth-order valence-corrected chi connectivity index (χ4v) is 7.62. The molecule has 148 valence electrons. The number of hydrogen-bond donors (Lipinski definition) is 0. The van der Waals surface area contributed by atoms with Crippen LogP contribution in [-0.4, -0.2) is 23.1 Å². The summed E-state index contributed by atoms with van der Waals surface area (Å²) in [5.41, 5.74) is 0.266. The second-order valence-corrected chi connectivity index (χ2v) is 9.94. The highest BCUT2D eigenvalue weighted by Crippen LogP contribution is 2.68. The topological polar surface area (TPSA) is 60.4 Å². The van der Waals surface area contributed by atoms with E-state index in [-0.39, 0.29) is 28.4 Å². The Morgan fingerprint density at radius 2 is 1.70 bits per heavy atom. The first-order valence-electron chi connectivity index (χ1n) is 10.6. The largest absolute Gasteiger partial charge is 0.451 e. The van der Waals surface area contributed by atoms with E-state index in [1.807, 2.05) is 6.08 Å². The van der Waals surface area contributed by atoms with Crippen LogP contribution in [0.4, 0.5) is 0 Å². The molecule has 4 heteroatoms. The number of Topliss-reactive ketones (excluding diaryl/α,β-unsaturated/α-hetero) is 1. The maximum Gasteiger partial charge on any atom is 0.303 e. The Morgan fingerprint density at radius 1 is 1.00 bits per heavy atom.